The number of rotatable bonds is 10. The van der Waals surface area contributed by atoms with E-state index in [1.54, 1.807) is 17.9 Å². The fourth-order valence-electron chi connectivity index (χ4n) is 5.82. The number of carbonyl (C=O) groups is 2. The zero-order valence-electron chi connectivity index (χ0n) is 25.2. The number of amides is 2. The molecule has 234 valence electrons. The topological polar surface area (TPSA) is 158 Å². The summed E-state index contributed by atoms with van der Waals surface area (Å²) >= 11 is 0. The molecule has 0 bridgehead atoms. The first-order valence-corrected chi connectivity index (χ1v) is 15.3. The van der Waals surface area contributed by atoms with Crippen molar-refractivity contribution in [3.05, 3.63) is 58.9 Å². The van der Waals surface area contributed by atoms with E-state index < -0.39 is 6.10 Å². The summed E-state index contributed by atoms with van der Waals surface area (Å²) in [6, 6.07) is 7.43. The highest BCUT2D eigenvalue weighted by molar-refractivity contribution is 5.93. The molecule has 0 spiro atoms. The van der Waals surface area contributed by atoms with Crippen molar-refractivity contribution in [2.75, 3.05) is 42.9 Å². The van der Waals surface area contributed by atoms with Gasteiger partial charge in [0.1, 0.15) is 23.9 Å². The van der Waals surface area contributed by atoms with E-state index in [4.69, 9.17) is 14.1 Å². The number of anilines is 2. The SMILES string of the molecule is CC(=O)N1CC(Nc2cc(C(=O)NC[C@H](O)[C@@H]3Cc4ccc(OCc5ocnc5C)cc4CN3)nc(N3CCCCC3)n2)C1. The van der Waals surface area contributed by atoms with Crippen LogP contribution in [0.4, 0.5) is 11.8 Å². The molecule has 13 heteroatoms. The Kier molecular flexibility index (Phi) is 8.94. The molecule has 0 saturated carbocycles. The van der Waals surface area contributed by atoms with E-state index in [9.17, 15) is 14.7 Å². The van der Waals surface area contributed by atoms with E-state index in [0.717, 1.165) is 48.5 Å². The highest BCUT2D eigenvalue weighted by Gasteiger charge is 2.30. The molecule has 3 aliphatic rings. The lowest BCUT2D eigenvalue weighted by molar-refractivity contribution is -0.132. The highest BCUT2D eigenvalue weighted by Crippen LogP contribution is 2.25. The van der Waals surface area contributed by atoms with E-state index in [1.807, 2.05) is 25.1 Å². The quantitative estimate of drug-likeness (QED) is 0.267. The van der Waals surface area contributed by atoms with Crippen LogP contribution in [0, 0.1) is 6.92 Å². The summed E-state index contributed by atoms with van der Waals surface area (Å²) in [5.74, 6) is 2.19. The summed E-state index contributed by atoms with van der Waals surface area (Å²) in [6.07, 6.45) is 4.51. The zero-order valence-corrected chi connectivity index (χ0v) is 25.2. The third kappa shape index (κ3) is 6.94. The summed E-state index contributed by atoms with van der Waals surface area (Å²) < 4.78 is 11.2. The van der Waals surface area contributed by atoms with Gasteiger partial charge in [0.25, 0.3) is 5.91 Å². The minimum Gasteiger partial charge on any atom is -0.486 e. The Morgan fingerprint density at radius 3 is 2.73 bits per heavy atom. The Balaban J connectivity index is 1.05. The Bertz CT molecular complexity index is 1480. The molecule has 5 heterocycles. The van der Waals surface area contributed by atoms with Crippen molar-refractivity contribution in [1.29, 1.82) is 0 Å². The van der Waals surface area contributed by atoms with Gasteiger partial charge in [-0.3, -0.25) is 9.59 Å². The summed E-state index contributed by atoms with van der Waals surface area (Å²) in [4.78, 5) is 42.1. The number of aliphatic hydroxyl groups excluding tert-OH is 1. The highest BCUT2D eigenvalue weighted by atomic mass is 16.5. The summed E-state index contributed by atoms with van der Waals surface area (Å²) in [5, 5.41) is 20.6. The maximum absolute atomic E-state index is 13.3. The number of hydrogen-bond donors (Lipinski definition) is 4. The second-order valence-electron chi connectivity index (χ2n) is 11.8. The van der Waals surface area contributed by atoms with Crippen molar-refractivity contribution in [3.8, 4) is 5.75 Å². The first-order valence-electron chi connectivity index (χ1n) is 15.3. The van der Waals surface area contributed by atoms with Crippen molar-refractivity contribution < 1.29 is 23.8 Å². The predicted molar refractivity (Wildman–Crippen MR) is 162 cm³/mol. The van der Waals surface area contributed by atoms with Crippen LogP contribution in [-0.2, 0) is 24.4 Å². The number of fused-ring (bicyclic) bond motifs is 1. The number of carbonyl (C=O) groups excluding carboxylic acids is 2. The van der Waals surface area contributed by atoms with Crippen LogP contribution in [0.3, 0.4) is 0 Å². The number of nitrogens with zero attached hydrogens (tertiary/aromatic N) is 5. The van der Waals surface area contributed by atoms with E-state index in [1.165, 1.54) is 12.8 Å². The number of ether oxygens (including phenoxy) is 1. The van der Waals surface area contributed by atoms with Gasteiger partial charge in [0.05, 0.1) is 17.8 Å². The molecule has 3 aromatic rings. The molecule has 2 fully saturated rings. The Hall–Kier alpha value is -4.23. The second-order valence-corrected chi connectivity index (χ2v) is 11.8. The molecule has 0 unspecified atom stereocenters. The normalized spacial score (nSPS) is 19.1. The number of likely N-dealkylation sites (tertiary alicyclic amines) is 1. The van der Waals surface area contributed by atoms with Crippen LogP contribution in [0.25, 0.3) is 0 Å². The number of aliphatic hydroxyl groups is 1. The first kappa shape index (κ1) is 29.8. The zero-order chi connectivity index (χ0) is 30.6. The number of nitrogens with one attached hydrogen (secondary N) is 3. The number of aryl methyl sites for hydroxylation is 1. The summed E-state index contributed by atoms with van der Waals surface area (Å²) in [7, 11) is 0. The molecule has 3 aliphatic heterocycles. The van der Waals surface area contributed by atoms with E-state index >= 15 is 0 Å². The van der Waals surface area contributed by atoms with Gasteiger partial charge in [-0.2, -0.15) is 4.98 Å². The van der Waals surface area contributed by atoms with Crippen LogP contribution in [0.1, 0.15) is 59.3 Å². The number of oxazole rings is 1. The van der Waals surface area contributed by atoms with E-state index in [2.05, 4.69) is 30.8 Å². The van der Waals surface area contributed by atoms with Crippen molar-refractivity contribution >= 4 is 23.6 Å². The van der Waals surface area contributed by atoms with Crippen molar-refractivity contribution in [1.82, 2.24) is 30.5 Å². The third-order valence-electron chi connectivity index (χ3n) is 8.59. The lowest BCUT2D eigenvalue weighted by Crippen LogP contribution is -2.56. The van der Waals surface area contributed by atoms with Crippen molar-refractivity contribution in [3.63, 3.8) is 0 Å². The smallest absolute Gasteiger partial charge is 0.270 e. The van der Waals surface area contributed by atoms with Crippen LogP contribution in [0.15, 0.2) is 35.1 Å². The Morgan fingerprint density at radius 1 is 1.16 bits per heavy atom. The Labute approximate surface area is 256 Å². The van der Waals surface area contributed by atoms with Gasteiger partial charge < -0.3 is 40.0 Å². The Morgan fingerprint density at radius 2 is 1.98 bits per heavy atom. The number of piperidine rings is 1. The summed E-state index contributed by atoms with van der Waals surface area (Å²) in [6.45, 7) is 7.27. The van der Waals surface area contributed by atoms with E-state index in [0.29, 0.717) is 50.2 Å². The molecule has 6 rings (SSSR count). The van der Waals surface area contributed by atoms with Crippen LogP contribution in [0.5, 0.6) is 5.75 Å². The summed E-state index contributed by atoms with van der Waals surface area (Å²) in [5.41, 5.74) is 3.28. The maximum atomic E-state index is 13.3. The largest absolute Gasteiger partial charge is 0.486 e. The van der Waals surface area contributed by atoms with Gasteiger partial charge in [0, 0.05) is 58.3 Å². The molecule has 13 nitrogen and oxygen atoms in total. The monoisotopic (exact) mass is 604 g/mol. The predicted octanol–water partition coefficient (Wildman–Crippen LogP) is 1.79. The number of aromatic nitrogens is 3. The molecule has 1 aromatic carbocycles. The number of hydrogen-bond acceptors (Lipinski definition) is 11. The average molecular weight is 605 g/mol. The molecule has 0 radical (unpaired) electrons. The fraction of sp³-hybridized carbons (Fsp3) is 0.516. The van der Waals surface area contributed by atoms with Crippen molar-refractivity contribution in [2.45, 2.75) is 70.9 Å². The lowest BCUT2D eigenvalue weighted by Gasteiger charge is -2.39. The van der Waals surface area contributed by atoms with Crippen LogP contribution in [0.2, 0.25) is 0 Å². The molecule has 2 aromatic heterocycles. The van der Waals surface area contributed by atoms with Gasteiger partial charge in [0.2, 0.25) is 11.9 Å². The van der Waals surface area contributed by atoms with Gasteiger partial charge in [-0.15, -0.1) is 0 Å². The van der Waals surface area contributed by atoms with Crippen LogP contribution < -0.4 is 25.6 Å². The molecule has 2 atom stereocenters. The second kappa shape index (κ2) is 13.2. The average Bonchev–Trinajstić information content (AvgIpc) is 3.44. The van der Waals surface area contributed by atoms with Gasteiger partial charge in [0.15, 0.2) is 12.2 Å². The standard InChI is InChI=1S/C31H40N8O5/c1-19-28(44-18-34-19)17-43-24-7-6-21-11-25(32-13-22(21)10-24)27(41)14-33-30(42)26-12-29(35-23-15-39(16-23)20(2)40)37-31(36-26)38-8-4-3-5-9-38/h6-7,10,12,18,23,25,27,32,41H,3-5,8-9,11,13-17H2,1-2H3,(H,33,42)(H,35,36,37)/t25-,27-/m0/s1. The van der Waals surface area contributed by atoms with Crippen LogP contribution in [-0.4, -0.2) is 87.7 Å². The fourth-order valence-corrected chi connectivity index (χ4v) is 5.82. The molecule has 2 amide bonds. The third-order valence-corrected chi connectivity index (χ3v) is 8.59. The minimum absolute atomic E-state index is 0.0437. The van der Waals surface area contributed by atoms with Crippen LogP contribution >= 0.6 is 0 Å². The van der Waals surface area contributed by atoms with Gasteiger partial charge >= 0.3 is 0 Å². The molecule has 44 heavy (non-hydrogen) atoms. The molecule has 2 saturated heterocycles. The first-order chi connectivity index (χ1) is 21.3. The van der Waals surface area contributed by atoms with Gasteiger partial charge in [-0.25, -0.2) is 9.97 Å². The van der Waals surface area contributed by atoms with E-state index in [-0.39, 0.29) is 36.1 Å². The molecular weight excluding hydrogens is 564 g/mol. The van der Waals surface area contributed by atoms with Gasteiger partial charge in [-0.05, 0) is 55.9 Å². The molecular formula is C31H40N8O5. The maximum Gasteiger partial charge on any atom is 0.270 e. The lowest BCUT2D eigenvalue weighted by atomic mass is 9.92. The van der Waals surface area contributed by atoms with Gasteiger partial charge in [-0.1, -0.05) is 6.07 Å². The number of benzene rings is 1. The molecule has 0 aliphatic carbocycles. The molecule has 4 N–H and O–H groups in total. The minimum atomic E-state index is -0.800. The van der Waals surface area contributed by atoms with Crippen molar-refractivity contribution in [2.24, 2.45) is 0 Å².